The summed E-state index contributed by atoms with van der Waals surface area (Å²) in [6.45, 7) is 1.77. The Kier molecular flexibility index (Phi) is 6.87. The third-order valence-corrected chi connectivity index (χ3v) is 5.52. The SMILES string of the molecule is COC(=O)c1ccc(OC(=O)c2oc3c(c2C)/C(=N/NC(=O)Cc2ccccc2)CCC3)cc1. The number of hydrogen-bond acceptors (Lipinski definition) is 7. The van der Waals surface area contributed by atoms with E-state index in [1.807, 2.05) is 30.3 Å². The van der Waals surface area contributed by atoms with Crippen LogP contribution in [0.5, 0.6) is 5.75 Å². The van der Waals surface area contributed by atoms with E-state index in [1.54, 1.807) is 6.92 Å². The van der Waals surface area contributed by atoms with Crippen molar-refractivity contribution >= 4 is 23.6 Å². The summed E-state index contributed by atoms with van der Waals surface area (Å²) < 4.78 is 15.9. The maximum atomic E-state index is 12.8. The molecule has 0 aliphatic heterocycles. The van der Waals surface area contributed by atoms with E-state index in [1.165, 1.54) is 31.4 Å². The van der Waals surface area contributed by atoms with Crippen molar-refractivity contribution in [2.75, 3.05) is 7.11 Å². The molecule has 4 rings (SSSR count). The zero-order chi connectivity index (χ0) is 24.1. The molecule has 1 heterocycles. The van der Waals surface area contributed by atoms with Gasteiger partial charge in [0.1, 0.15) is 11.5 Å². The molecule has 0 saturated carbocycles. The number of ether oxygens (including phenoxy) is 2. The number of aryl methyl sites for hydroxylation is 1. The lowest BCUT2D eigenvalue weighted by atomic mass is 9.93. The Hall–Kier alpha value is -4.20. The number of amides is 1. The molecule has 0 fully saturated rings. The van der Waals surface area contributed by atoms with Crippen LogP contribution in [0.25, 0.3) is 0 Å². The standard InChI is InChI=1S/C26H24N2O6/c1-16-23-20(27-28-22(29)15-17-7-4-3-5-8-17)9-6-10-21(23)34-24(16)26(31)33-19-13-11-18(12-14-19)25(30)32-2/h3-5,7-8,11-14H,6,9-10,15H2,1-2H3,(H,28,29)/b27-20+. The van der Waals surface area contributed by atoms with Crippen molar-refractivity contribution < 1.29 is 28.3 Å². The van der Waals surface area contributed by atoms with E-state index in [2.05, 4.69) is 15.3 Å². The van der Waals surface area contributed by atoms with Crippen LogP contribution in [0, 0.1) is 6.92 Å². The Balaban J connectivity index is 1.48. The highest BCUT2D eigenvalue weighted by Crippen LogP contribution is 2.30. The molecule has 2 aromatic carbocycles. The van der Waals surface area contributed by atoms with Crippen molar-refractivity contribution in [1.29, 1.82) is 0 Å². The van der Waals surface area contributed by atoms with Crippen LogP contribution in [0.2, 0.25) is 0 Å². The maximum absolute atomic E-state index is 12.8. The van der Waals surface area contributed by atoms with Crippen LogP contribution >= 0.6 is 0 Å². The number of esters is 2. The molecule has 0 radical (unpaired) electrons. The molecule has 0 bridgehead atoms. The Labute approximate surface area is 196 Å². The van der Waals surface area contributed by atoms with Gasteiger partial charge < -0.3 is 13.9 Å². The van der Waals surface area contributed by atoms with Crippen molar-refractivity contribution in [2.24, 2.45) is 5.10 Å². The monoisotopic (exact) mass is 460 g/mol. The van der Waals surface area contributed by atoms with Gasteiger partial charge in [0.05, 0.1) is 24.8 Å². The summed E-state index contributed by atoms with van der Waals surface area (Å²) in [5.74, 6) is -0.337. The minimum atomic E-state index is -0.648. The molecule has 3 aromatic rings. The van der Waals surface area contributed by atoms with Crippen molar-refractivity contribution in [3.8, 4) is 5.75 Å². The maximum Gasteiger partial charge on any atom is 0.379 e. The summed E-state index contributed by atoms with van der Waals surface area (Å²) in [4.78, 5) is 36.7. The number of furan rings is 1. The van der Waals surface area contributed by atoms with Gasteiger partial charge in [-0.1, -0.05) is 30.3 Å². The van der Waals surface area contributed by atoms with E-state index in [9.17, 15) is 14.4 Å². The van der Waals surface area contributed by atoms with Gasteiger partial charge in [-0.3, -0.25) is 4.79 Å². The number of carbonyl (C=O) groups is 3. The third kappa shape index (κ3) is 5.06. The van der Waals surface area contributed by atoms with E-state index in [0.29, 0.717) is 35.4 Å². The minimum Gasteiger partial charge on any atom is -0.465 e. The second-order valence-electron chi connectivity index (χ2n) is 7.87. The van der Waals surface area contributed by atoms with Gasteiger partial charge in [0.2, 0.25) is 11.7 Å². The number of carbonyl (C=O) groups excluding carboxylic acids is 3. The lowest BCUT2D eigenvalue weighted by molar-refractivity contribution is -0.120. The number of fused-ring (bicyclic) bond motifs is 1. The highest BCUT2D eigenvalue weighted by molar-refractivity contribution is 6.06. The van der Waals surface area contributed by atoms with Gasteiger partial charge in [-0.25, -0.2) is 15.0 Å². The van der Waals surface area contributed by atoms with E-state index < -0.39 is 11.9 Å². The van der Waals surface area contributed by atoms with Gasteiger partial charge in [-0.05, 0) is 49.6 Å². The van der Waals surface area contributed by atoms with E-state index in [-0.39, 0.29) is 23.8 Å². The van der Waals surface area contributed by atoms with Crippen molar-refractivity contribution in [1.82, 2.24) is 5.43 Å². The number of nitrogens with zero attached hydrogens (tertiary/aromatic N) is 1. The predicted molar refractivity (Wildman–Crippen MR) is 124 cm³/mol. The third-order valence-electron chi connectivity index (χ3n) is 5.52. The summed E-state index contributed by atoms with van der Waals surface area (Å²) in [5, 5.41) is 4.33. The van der Waals surface area contributed by atoms with Crippen molar-refractivity contribution in [2.45, 2.75) is 32.6 Å². The molecule has 1 aliphatic rings. The zero-order valence-electron chi connectivity index (χ0n) is 18.9. The second-order valence-corrected chi connectivity index (χ2v) is 7.87. The summed E-state index contributed by atoms with van der Waals surface area (Å²) in [6, 6.07) is 15.5. The minimum absolute atomic E-state index is 0.0901. The normalized spacial score (nSPS) is 13.8. The van der Waals surface area contributed by atoms with Crippen LogP contribution < -0.4 is 10.2 Å². The smallest absolute Gasteiger partial charge is 0.379 e. The average Bonchev–Trinajstić information content (AvgIpc) is 3.20. The van der Waals surface area contributed by atoms with Gasteiger partial charge in [-0.15, -0.1) is 0 Å². The number of hydrazone groups is 1. The Morgan fingerprint density at radius 3 is 2.44 bits per heavy atom. The number of rotatable bonds is 6. The Morgan fingerprint density at radius 2 is 1.74 bits per heavy atom. The van der Waals surface area contributed by atoms with Gasteiger partial charge in [0.25, 0.3) is 0 Å². The van der Waals surface area contributed by atoms with Crippen LogP contribution in [0.1, 0.15) is 56.2 Å². The first-order chi connectivity index (χ1) is 16.5. The molecule has 0 saturated heterocycles. The van der Waals surface area contributed by atoms with E-state index in [0.717, 1.165) is 17.5 Å². The van der Waals surface area contributed by atoms with E-state index in [4.69, 9.17) is 9.15 Å². The molecule has 1 N–H and O–H groups in total. The highest BCUT2D eigenvalue weighted by Gasteiger charge is 2.29. The molecule has 174 valence electrons. The fourth-order valence-corrected chi connectivity index (χ4v) is 3.86. The average molecular weight is 460 g/mol. The van der Waals surface area contributed by atoms with Crippen LogP contribution in [-0.4, -0.2) is 30.7 Å². The fraction of sp³-hybridized carbons (Fsp3) is 0.231. The zero-order valence-corrected chi connectivity index (χ0v) is 18.9. The topological polar surface area (TPSA) is 107 Å². The molecule has 8 heteroatoms. The van der Waals surface area contributed by atoms with Gasteiger partial charge in [0, 0.05) is 17.5 Å². The first-order valence-corrected chi connectivity index (χ1v) is 10.9. The van der Waals surface area contributed by atoms with Crippen LogP contribution in [0.15, 0.2) is 64.1 Å². The van der Waals surface area contributed by atoms with E-state index >= 15 is 0 Å². The quantitative estimate of drug-likeness (QED) is 0.339. The number of hydrogen-bond donors (Lipinski definition) is 1. The molecular formula is C26H24N2O6. The molecule has 0 atom stereocenters. The summed E-state index contributed by atoms with van der Waals surface area (Å²) in [6.07, 6.45) is 2.33. The van der Waals surface area contributed by atoms with Gasteiger partial charge in [0.15, 0.2) is 0 Å². The number of methoxy groups -OCH3 is 1. The Bertz CT molecular complexity index is 1240. The summed E-state index contributed by atoms with van der Waals surface area (Å²) in [7, 11) is 1.30. The molecule has 0 unspecified atom stereocenters. The van der Waals surface area contributed by atoms with Gasteiger partial charge in [-0.2, -0.15) is 5.10 Å². The lowest BCUT2D eigenvalue weighted by Crippen LogP contribution is -2.23. The molecule has 0 spiro atoms. The van der Waals surface area contributed by atoms with Crippen LogP contribution in [-0.2, 0) is 22.4 Å². The lowest BCUT2D eigenvalue weighted by Gasteiger charge is -2.13. The number of nitrogens with one attached hydrogen (secondary N) is 1. The summed E-state index contributed by atoms with van der Waals surface area (Å²) in [5.41, 5.74) is 5.89. The molecule has 34 heavy (non-hydrogen) atoms. The molecule has 1 aromatic heterocycles. The van der Waals surface area contributed by atoms with Crippen LogP contribution in [0.3, 0.4) is 0 Å². The molecular weight excluding hydrogens is 436 g/mol. The molecule has 1 aliphatic carbocycles. The highest BCUT2D eigenvalue weighted by atomic mass is 16.5. The largest absolute Gasteiger partial charge is 0.465 e. The fourth-order valence-electron chi connectivity index (χ4n) is 3.86. The second kappa shape index (κ2) is 10.2. The number of benzene rings is 2. The van der Waals surface area contributed by atoms with Gasteiger partial charge >= 0.3 is 11.9 Å². The van der Waals surface area contributed by atoms with Crippen LogP contribution in [0.4, 0.5) is 0 Å². The Morgan fingerprint density at radius 1 is 1.00 bits per heavy atom. The first-order valence-electron chi connectivity index (χ1n) is 10.9. The molecule has 8 nitrogen and oxygen atoms in total. The molecule has 1 amide bonds. The van der Waals surface area contributed by atoms with Crippen molar-refractivity contribution in [3.05, 3.63) is 88.4 Å². The first kappa shape index (κ1) is 23.0. The summed E-state index contributed by atoms with van der Waals surface area (Å²) >= 11 is 0. The van der Waals surface area contributed by atoms with Crippen molar-refractivity contribution in [3.63, 3.8) is 0 Å². The predicted octanol–water partition coefficient (Wildman–Crippen LogP) is 3.99.